The quantitative estimate of drug-likeness (QED) is 0.816. The Hall–Kier alpha value is -1.72. The maximum Gasteiger partial charge on any atom is 0.310 e. The Morgan fingerprint density at radius 3 is 2.38 bits per heavy atom. The van der Waals surface area contributed by atoms with E-state index in [4.69, 9.17) is 5.11 Å². The highest BCUT2D eigenvalue weighted by molar-refractivity contribution is 5.76. The van der Waals surface area contributed by atoms with Crippen molar-refractivity contribution >= 4 is 5.97 Å². The molecule has 1 rings (SSSR count). The van der Waals surface area contributed by atoms with Gasteiger partial charge in [0.15, 0.2) is 17.4 Å². The fourth-order valence-corrected chi connectivity index (χ4v) is 1.26. The van der Waals surface area contributed by atoms with E-state index >= 15 is 0 Å². The SMILES string of the molecule is COc1c(C(C)C(=O)O)cc(F)c(F)c1F. The molecule has 0 spiro atoms. The second-order valence-corrected chi connectivity index (χ2v) is 3.17. The summed E-state index contributed by atoms with van der Waals surface area (Å²) in [7, 11) is 1.05. The molecule has 0 radical (unpaired) electrons. The first-order valence-electron chi connectivity index (χ1n) is 4.34. The van der Waals surface area contributed by atoms with E-state index in [1.54, 1.807) is 0 Å². The molecule has 0 aliphatic heterocycles. The molecular formula is C10H9F3O3. The first-order valence-corrected chi connectivity index (χ1v) is 4.34. The number of hydrogen-bond donors (Lipinski definition) is 1. The minimum absolute atomic E-state index is 0.244. The lowest BCUT2D eigenvalue weighted by atomic mass is 9.99. The van der Waals surface area contributed by atoms with Crippen LogP contribution in [0, 0.1) is 17.5 Å². The average molecular weight is 234 g/mol. The molecular weight excluding hydrogens is 225 g/mol. The zero-order valence-corrected chi connectivity index (χ0v) is 8.55. The molecule has 1 N–H and O–H groups in total. The van der Waals surface area contributed by atoms with Gasteiger partial charge in [0, 0.05) is 5.56 Å². The van der Waals surface area contributed by atoms with Gasteiger partial charge in [0.25, 0.3) is 0 Å². The smallest absolute Gasteiger partial charge is 0.310 e. The first-order chi connectivity index (χ1) is 7.40. The van der Waals surface area contributed by atoms with Crippen molar-refractivity contribution in [1.82, 2.24) is 0 Å². The fourth-order valence-electron chi connectivity index (χ4n) is 1.26. The second-order valence-electron chi connectivity index (χ2n) is 3.17. The number of carboxylic acid groups (broad SMARTS) is 1. The zero-order chi connectivity index (χ0) is 12.5. The molecule has 0 bridgehead atoms. The van der Waals surface area contributed by atoms with Crippen molar-refractivity contribution in [3.8, 4) is 5.75 Å². The predicted molar refractivity (Wildman–Crippen MR) is 48.9 cm³/mol. The third-order valence-electron chi connectivity index (χ3n) is 2.19. The lowest BCUT2D eigenvalue weighted by molar-refractivity contribution is -0.138. The van der Waals surface area contributed by atoms with E-state index in [9.17, 15) is 18.0 Å². The maximum absolute atomic E-state index is 13.2. The van der Waals surface area contributed by atoms with Crippen LogP contribution < -0.4 is 4.74 Å². The highest BCUT2D eigenvalue weighted by Crippen LogP contribution is 2.32. The van der Waals surface area contributed by atoms with Gasteiger partial charge in [-0.3, -0.25) is 4.79 Å². The number of methoxy groups -OCH3 is 1. The van der Waals surface area contributed by atoms with E-state index < -0.39 is 35.1 Å². The van der Waals surface area contributed by atoms with Crippen LogP contribution in [0.25, 0.3) is 0 Å². The van der Waals surface area contributed by atoms with Crippen LogP contribution in [-0.2, 0) is 4.79 Å². The van der Waals surface area contributed by atoms with Crippen LogP contribution in [0.15, 0.2) is 6.07 Å². The highest BCUT2D eigenvalue weighted by atomic mass is 19.2. The highest BCUT2D eigenvalue weighted by Gasteiger charge is 2.25. The van der Waals surface area contributed by atoms with Crippen LogP contribution in [0.5, 0.6) is 5.75 Å². The van der Waals surface area contributed by atoms with Crippen molar-refractivity contribution < 1.29 is 27.8 Å². The molecule has 1 aromatic carbocycles. The molecule has 0 fully saturated rings. The number of halogens is 3. The average Bonchev–Trinajstić information content (AvgIpc) is 2.24. The van der Waals surface area contributed by atoms with Gasteiger partial charge in [0.2, 0.25) is 5.82 Å². The van der Waals surface area contributed by atoms with Crippen molar-refractivity contribution in [3.05, 3.63) is 29.1 Å². The minimum Gasteiger partial charge on any atom is -0.493 e. The van der Waals surface area contributed by atoms with Gasteiger partial charge < -0.3 is 9.84 Å². The molecule has 0 saturated carbocycles. The molecule has 0 aliphatic carbocycles. The summed E-state index contributed by atoms with van der Waals surface area (Å²) in [6.07, 6.45) is 0. The van der Waals surface area contributed by atoms with Gasteiger partial charge in [-0.05, 0) is 13.0 Å². The molecule has 88 valence electrons. The molecule has 0 saturated heterocycles. The molecule has 3 nitrogen and oxygen atoms in total. The van der Waals surface area contributed by atoms with Crippen LogP contribution in [-0.4, -0.2) is 18.2 Å². The van der Waals surface area contributed by atoms with E-state index in [1.807, 2.05) is 0 Å². The van der Waals surface area contributed by atoms with Crippen molar-refractivity contribution in [3.63, 3.8) is 0 Å². The number of hydrogen-bond acceptors (Lipinski definition) is 2. The third-order valence-corrected chi connectivity index (χ3v) is 2.19. The normalized spacial score (nSPS) is 12.3. The monoisotopic (exact) mass is 234 g/mol. The Bertz CT molecular complexity index is 432. The summed E-state index contributed by atoms with van der Waals surface area (Å²) < 4.78 is 43.5. The van der Waals surface area contributed by atoms with Crippen LogP contribution >= 0.6 is 0 Å². The number of rotatable bonds is 3. The summed E-state index contributed by atoms with van der Waals surface area (Å²) in [6, 6.07) is 0.621. The molecule has 6 heteroatoms. The van der Waals surface area contributed by atoms with Crippen LogP contribution in [0.4, 0.5) is 13.2 Å². The van der Waals surface area contributed by atoms with Gasteiger partial charge >= 0.3 is 5.97 Å². The van der Waals surface area contributed by atoms with Crippen molar-refractivity contribution in [2.45, 2.75) is 12.8 Å². The van der Waals surface area contributed by atoms with Gasteiger partial charge in [0.1, 0.15) is 0 Å². The summed E-state index contributed by atoms with van der Waals surface area (Å²) in [5.41, 5.74) is -0.244. The molecule has 16 heavy (non-hydrogen) atoms. The fraction of sp³-hybridized carbons (Fsp3) is 0.300. The Morgan fingerprint density at radius 1 is 1.38 bits per heavy atom. The number of ether oxygens (including phenoxy) is 1. The molecule has 1 atom stereocenters. The molecule has 0 amide bonds. The van der Waals surface area contributed by atoms with Crippen molar-refractivity contribution in [1.29, 1.82) is 0 Å². The van der Waals surface area contributed by atoms with E-state index in [0.29, 0.717) is 6.07 Å². The Labute approximate surface area is 89.5 Å². The largest absolute Gasteiger partial charge is 0.493 e. The first kappa shape index (κ1) is 12.4. The topological polar surface area (TPSA) is 46.5 Å². The van der Waals surface area contributed by atoms with E-state index in [2.05, 4.69) is 4.74 Å². The van der Waals surface area contributed by atoms with Crippen molar-refractivity contribution in [2.24, 2.45) is 0 Å². The summed E-state index contributed by atoms with van der Waals surface area (Å²) in [6.45, 7) is 1.22. The lowest BCUT2D eigenvalue weighted by Gasteiger charge is -2.13. The summed E-state index contributed by atoms with van der Waals surface area (Å²) in [5.74, 6) is -7.72. The van der Waals surface area contributed by atoms with Crippen LogP contribution in [0.1, 0.15) is 18.4 Å². The van der Waals surface area contributed by atoms with Gasteiger partial charge in [-0.2, -0.15) is 4.39 Å². The zero-order valence-electron chi connectivity index (χ0n) is 8.55. The van der Waals surface area contributed by atoms with Gasteiger partial charge in [0.05, 0.1) is 13.0 Å². The van der Waals surface area contributed by atoms with Gasteiger partial charge in [-0.25, -0.2) is 8.78 Å². The third kappa shape index (κ3) is 1.95. The molecule has 0 heterocycles. The van der Waals surface area contributed by atoms with E-state index in [1.165, 1.54) is 6.92 Å². The number of aliphatic carboxylic acids is 1. The number of carbonyl (C=O) groups is 1. The van der Waals surface area contributed by atoms with Crippen LogP contribution in [0.2, 0.25) is 0 Å². The number of carboxylic acids is 1. The lowest BCUT2D eigenvalue weighted by Crippen LogP contribution is -2.11. The summed E-state index contributed by atoms with van der Waals surface area (Å²) >= 11 is 0. The molecule has 0 aromatic heterocycles. The summed E-state index contributed by atoms with van der Waals surface area (Å²) in [5, 5.41) is 8.71. The Balaban J connectivity index is 3.44. The Kier molecular flexibility index (Phi) is 3.41. The number of benzene rings is 1. The van der Waals surface area contributed by atoms with E-state index in [0.717, 1.165) is 7.11 Å². The minimum atomic E-state index is -1.68. The second kappa shape index (κ2) is 4.42. The Morgan fingerprint density at radius 2 is 1.94 bits per heavy atom. The van der Waals surface area contributed by atoms with Crippen LogP contribution in [0.3, 0.4) is 0 Å². The maximum atomic E-state index is 13.2. The standard InChI is InChI=1S/C10H9F3O3/c1-4(10(14)15)5-3-6(11)7(12)8(13)9(5)16-2/h3-4H,1-2H3,(H,14,15). The molecule has 1 unspecified atom stereocenters. The molecule has 0 aliphatic rings. The summed E-state index contributed by atoms with van der Waals surface area (Å²) in [4.78, 5) is 10.7. The molecule has 1 aromatic rings. The van der Waals surface area contributed by atoms with E-state index in [-0.39, 0.29) is 5.56 Å². The van der Waals surface area contributed by atoms with Gasteiger partial charge in [-0.15, -0.1) is 0 Å². The predicted octanol–water partition coefficient (Wildman–Crippen LogP) is 2.30. The van der Waals surface area contributed by atoms with Crippen molar-refractivity contribution in [2.75, 3.05) is 7.11 Å². The van der Waals surface area contributed by atoms with Gasteiger partial charge in [-0.1, -0.05) is 0 Å².